The Bertz CT molecular complexity index is 489. The number of aliphatic imine (C=N–C) groups is 1. The summed E-state index contributed by atoms with van der Waals surface area (Å²) in [6.07, 6.45) is 3.17. The normalized spacial score (nSPS) is 19.4. The van der Waals surface area contributed by atoms with E-state index in [-0.39, 0.29) is 5.82 Å². The van der Waals surface area contributed by atoms with Crippen LogP contribution in [0.4, 0.5) is 4.39 Å². The maximum atomic E-state index is 13.6. The molecule has 22 heavy (non-hydrogen) atoms. The second kappa shape index (κ2) is 8.73. The molecule has 122 valence electrons. The third-order valence-corrected chi connectivity index (χ3v) is 4.28. The predicted octanol–water partition coefficient (Wildman–Crippen LogP) is 2.02. The van der Waals surface area contributed by atoms with Crippen molar-refractivity contribution in [2.24, 2.45) is 4.99 Å². The molecular weight excluding hydrogens is 279 g/mol. The Labute approximate surface area is 132 Å². The molecule has 2 rings (SSSR count). The van der Waals surface area contributed by atoms with Crippen LogP contribution in [0.5, 0.6) is 0 Å². The number of likely N-dealkylation sites (tertiary alicyclic amines) is 1. The van der Waals surface area contributed by atoms with Gasteiger partial charge in [0.25, 0.3) is 0 Å². The highest BCUT2D eigenvalue weighted by Crippen LogP contribution is 2.15. The van der Waals surface area contributed by atoms with Gasteiger partial charge in [0.05, 0.1) is 0 Å². The van der Waals surface area contributed by atoms with Crippen molar-refractivity contribution in [3.63, 3.8) is 0 Å². The molecule has 5 heteroatoms. The molecule has 0 aliphatic carbocycles. The molecule has 1 aliphatic heterocycles. The minimum atomic E-state index is -0.142. The van der Waals surface area contributed by atoms with E-state index in [9.17, 15) is 4.39 Å². The summed E-state index contributed by atoms with van der Waals surface area (Å²) in [6.45, 7) is 6.09. The third kappa shape index (κ3) is 4.70. The molecule has 1 saturated heterocycles. The highest BCUT2D eigenvalue weighted by Gasteiger charge is 2.22. The van der Waals surface area contributed by atoms with Gasteiger partial charge >= 0.3 is 0 Å². The van der Waals surface area contributed by atoms with Crippen LogP contribution in [0.2, 0.25) is 0 Å². The number of hydrogen-bond acceptors (Lipinski definition) is 2. The molecule has 1 aliphatic rings. The highest BCUT2D eigenvalue weighted by molar-refractivity contribution is 5.79. The summed E-state index contributed by atoms with van der Waals surface area (Å²) in [5, 5.41) is 6.64. The molecule has 1 unspecified atom stereocenters. The Hall–Kier alpha value is -1.62. The zero-order chi connectivity index (χ0) is 15.8. The molecule has 0 amide bonds. The number of hydrogen-bond donors (Lipinski definition) is 2. The summed E-state index contributed by atoms with van der Waals surface area (Å²) in [4.78, 5) is 6.74. The fourth-order valence-corrected chi connectivity index (χ4v) is 2.99. The van der Waals surface area contributed by atoms with Crippen molar-refractivity contribution < 1.29 is 4.39 Å². The van der Waals surface area contributed by atoms with Crippen LogP contribution in [0.15, 0.2) is 29.3 Å². The SMILES string of the molecule is CCN1CCCC1CNC(=NC)NCCc1ccccc1F. The van der Waals surface area contributed by atoms with E-state index in [1.165, 1.54) is 25.5 Å². The summed E-state index contributed by atoms with van der Waals surface area (Å²) in [5.74, 6) is 0.649. The smallest absolute Gasteiger partial charge is 0.191 e. The number of halogens is 1. The minimum absolute atomic E-state index is 0.142. The van der Waals surface area contributed by atoms with Crippen molar-refractivity contribution >= 4 is 5.96 Å². The highest BCUT2D eigenvalue weighted by atomic mass is 19.1. The molecule has 0 saturated carbocycles. The summed E-state index contributed by atoms with van der Waals surface area (Å²) >= 11 is 0. The predicted molar refractivity (Wildman–Crippen MR) is 89.7 cm³/mol. The van der Waals surface area contributed by atoms with Gasteiger partial charge in [0.2, 0.25) is 0 Å². The number of likely N-dealkylation sites (N-methyl/N-ethyl adjacent to an activating group) is 1. The summed E-state index contributed by atoms with van der Waals surface area (Å²) in [7, 11) is 1.77. The summed E-state index contributed by atoms with van der Waals surface area (Å²) < 4.78 is 13.6. The molecule has 0 bridgehead atoms. The number of nitrogens with one attached hydrogen (secondary N) is 2. The second-order valence-corrected chi connectivity index (χ2v) is 5.65. The van der Waals surface area contributed by atoms with Gasteiger partial charge in [-0.25, -0.2) is 4.39 Å². The Morgan fingerprint density at radius 3 is 2.91 bits per heavy atom. The molecule has 1 heterocycles. The molecule has 1 aromatic carbocycles. The average Bonchev–Trinajstić information content (AvgIpc) is 3.00. The van der Waals surface area contributed by atoms with Gasteiger partial charge in [-0.15, -0.1) is 0 Å². The largest absolute Gasteiger partial charge is 0.356 e. The van der Waals surface area contributed by atoms with E-state index in [1.807, 2.05) is 12.1 Å². The Kier molecular flexibility index (Phi) is 6.65. The first-order chi connectivity index (χ1) is 10.7. The van der Waals surface area contributed by atoms with Gasteiger partial charge < -0.3 is 10.6 Å². The number of nitrogens with zero attached hydrogens (tertiary/aromatic N) is 2. The molecule has 0 aromatic heterocycles. The van der Waals surface area contributed by atoms with Gasteiger partial charge in [0.15, 0.2) is 5.96 Å². The lowest BCUT2D eigenvalue weighted by atomic mass is 10.1. The quantitative estimate of drug-likeness (QED) is 0.624. The van der Waals surface area contributed by atoms with E-state index < -0.39 is 0 Å². The van der Waals surface area contributed by atoms with Gasteiger partial charge in [-0.2, -0.15) is 0 Å². The Morgan fingerprint density at radius 2 is 2.18 bits per heavy atom. The second-order valence-electron chi connectivity index (χ2n) is 5.65. The standard InChI is InChI=1S/C17H27FN4/c1-3-22-12-6-8-15(22)13-21-17(19-2)20-11-10-14-7-4-5-9-16(14)18/h4-5,7,9,15H,3,6,8,10-13H2,1-2H3,(H2,19,20,21). The van der Waals surface area contributed by atoms with Crippen LogP contribution in [0.1, 0.15) is 25.3 Å². The zero-order valence-electron chi connectivity index (χ0n) is 13.6. The lowest BCUT2D eigenvalue weighted by molar-refractivity contribution is 0.267. The van der Waals surface area contributed by atoms with E-state index >= 15 is 0 Å². The Balaban J connectivity index is 1.72. The topological polar surface area (TPSA) is 39.7 Å². The van der Waals surface area contributed by atoms with Crippen molar-refractivity contribution in [1.29, 1.82) is 0 Å². The van der Waals surface area contributed by atoms with E-state index in [0.29, 0.717) is 19.0 Å². The van der Waals surface area contributed by atoms with Gasteiger partial charge in [0.1, 0.15) is 5.82 Å². The first-order valence-corrected chi connectivity index (χ1v) is 8.16. The molecule has 1 fully saturated rings. The van der Waals surface area contributed by atoms with Crippen molar-refractivity contribution in [2.75, 3.05) is 33.2 Å². The fraction of sp³-hybridized carbons (Fsp3) is 0.588. The lowest BCUT2D eigenvalue weighted by Crippen LogP contribution is -2.45. The first-order valence-electron chi connectivity index (χ1n) is 8.16. The number of guanidine groups is 1. The van der Waals surface area contributed by atoms with Crippen LogP contribution in [0.25, 0.3) is 0 Å². The lowest BCUT2D eigenvalue weighted by Gasteiger charge is -2.24. The molecule has 1 aromatic rings. The molecular formula is C17H27FN4. The van der Waals surface area contributed by atoms with Gasteiger partial charge in [-0.05, 0) is 44.0 Å². The van der Waals surface area contributed by atoms with Crippen LogP contribution in [-0.2, 0) is 6.42 Å². The maximum absolute atomic E-state index is 13.6. The number of rotatable bonds is 6. The van der Waals surface area contributed by atoms with Crippen LogP contribution in [-0.4, -0.2) is 50.1 Å². The van der Waals surface area contributed by atoms with Crippen molar-refractivity contribution in [3.05, 3.63) is 35.6 Å². The van der Waals surface area contributed by atoms with Crippen molar-refractivity contribution in [1.82, 2.24) is 15.5 Å². The molecule has 0 spiro atoms. The molecule has 1 atom stereocenters. The van der Waals surface area contributed by atoms with Gasteiger partial charge in [0, 0.05) is 26.2 Å². The first kappa shape index (κ1) is 16.7. The number of benzene rings is 1. The maximum Gasteiger partial charge on any atom is 0.191 e. The zero-order valence-corrected chi connectivity index (χ0v) is 13.6. The molecule has 2 N–H and O–H groups in total. The van der Waals surface area contributed by atoms with Gasteiger partial charge in [-0.3, -0.25) is 9.89 Å². The van der Waals surface area contributed by atoms with Crippen LogP contribution < -0.4 is 10.6 Å². The third-order valence-electron chi connectivity index (χ3n) is 4.28. The van der Waals surface area contributed by atoms with E-state index in [1.54, 1.807) is 13.1 Å². The van der Waals surface area contributed by atoms with Crippen molar-refractivity contribution in [2.45, 2.75) is 32.2 Å². The summed E-state index contributed by atoms with van der Waals surface area (Å²) in [5.41, 5.74) is 0.735. The average molecular weight is 306 g/mol. The summed E-state index contributed by atoms with van der Waals surface area (Å²) in [6, 6.07) is 7.50. The van der Waals surface area contributed by atoms with E-state index in [2.05, 4.69) is 27.4 Å². The Morgan fingerprint density at radius 1 is 1.36 bits per heavy atom. The molecule has 4 nitrogen and oxygen atoms in total. The monoisotopic (exact) mass is 306 g/mol. The van der Waals surface area contributed by atoms with Crippen LogP contribution in [0, 0.1) is 5.82 Å². The van der Waals surface area contributed by atoms with E-state index in [4.69, 9.17) is 0 Å². The van der Waals surface area contributed by atoms with Crippen LogP contribution in [0.3, 0.4) is 0 Å². The van der Waals surface area contributed by atoms with Crippen molar-refractivity contribution in [3.8, 4) is 0 Å². The molecule has 0 radical (unpaired) electrons. The fourth-order valence-electron chi connectivity index (χ4n) is 2.99. The van der Waals surface area contributed by atoms with Gasteiger partial charge in [-0.1, -0.05) is 25.1 Å². The minimum Gasteiger partial charge on any atom is -0.356 e. The van der Waals surface area contributed by atoms with E-state index in [0.717, 1.165) is 24.6 Å². The van der Waals surface area contributed by atoms with Crippen LogP contribution >= 0.6 is 0 Å².